The molecule has 0 fully saturated rings. The zero-order valence-electron chi connectivity index (χ0n) is 10.1. The van der Waals surface area contributed by atoms with Crippen LogP contribution in [0, 0.1) is 0 Å². The lowest BCUT2D eigenvalue weighted by Gasteiger charge is -2.15. The first kappa shape index (κ1) is 13.3. The van der Waals surface area contributed by atoms with E-state index < -0.39 is 0 Å². The summed E-state index contributed by atoms with van der Waals surface area (Å²) in [6.45, 7) is 2.07. The molecule has 98 valence electrons. The van der Waals surface area contributed by atoms with Crippen molar-refractivity contribution in [3.63, 3.8) is 0 Å². The molecule has 3 nitrogen and oxygen atoms in total. The number of anilines is 1. The van der Waals surface area contributed by atoms with Crippen molar-refractivity contribution in [2.75, 3.05) is 10.7 Å². The SMILES string of the molecule is C[C@@H]1CSC2=C(S1)C(=O)N(c1ccc(Br)cc1)C2=O. The van der Waals surface area contributed by atoms with E-state index in [1.54, 1.807) is 12.1 Å². The number of carbonyl (C=O) groups excluding carboxylic acids is 2. The zero-order chi connectivity index (χ0) is 13.6. The van der Waals surface area contributed by atoms with Gasteiger partial charge in [-0.2, -0.15) is 0 Å². The molecular formula is C13H10BrNO2S2. The molecular weight excluding hydrogens is 346 g/mol. The summed E-state index contributed by atoms with van der Waals surface area (Å²) in [5.41, 5.74) is 0.626. The molecule has 0 aliphatic carbocycles. The highest BCUT2D eigenvalue weighted by atomic mass is 79.9. The Bertz CT molecular complexity index is 597. The van der Waals surface area contributed by atoms with Gasteiger partial charge in [0.05, 0.1) is 15.5 Å². The lowest BCUT2D eigenvalue weighted by Crippen LogP contribution is -2.31. The smallest absolute Gasteiger partial charge is 0.268 e. The number of hydrogen-bond acceptors (Lipinski definition) is 4. The predicted octanol–water partition coefficient (Wildman–Crippen LogP) is 3.40. The number of imide groups is 1. The minimum absolute atomic E-state index is 0.188. The molecule has 0 radical (unpaired) electrons. The highest BCUT2D eigenvalue weighted by molar-refractivity contribution is 9.10. The van der Waals surface area contributed by atoms with Crippen molar-refractivity contribution in [3.8, 4) is 0 Å². The van der Waals surface area contributed by atoms with E-state index in [1.165, 1.54) is 28.4 Å². The Kier molecular flexibility index (Phi) is 3.49. The van der Waals surface area contributed by atoms with Crippen LogP contribution in [-0.2, 0) is 9.59 Å². The number of nitrogens with zero attached hydrogens (tertiary/aromatic N) is 1. The average molecular weight is 356 g/mol. The fourth-order valence-corrected chi connectivity index (χ4v) is 4.67. The molecule has 6 heteroatoms. The van der Waals surface area contributed by atoms with E-state index in [-0.39, 0.29) is 11.8 Å². The van der Waals surface area contributed by atoms with Gasteiger partial charge in [0.1, 0.15) is 0 Å². The van der Waals surface area contributed by atoms with Gasteiger partial charge in [-0.05, 0) is 24.3 Å². The average Bonchev–Trinajstić information content (AvgIpc) is 2.63. The molecule has 0 saturated carbocycles. The summed E-state index contributed by atoms with van der Waals surface area (Å²) >= 11 is 6.35. The van der Waals surface area contributed by atoms with E-state index in [0.29, 0.717) is 20.7 Å². The van der Waals surface area contributed by atoms with E-state index in [1.807, 2.05) is 12.1 Å². The third-order valence-corrected chi connectivity index (χ3v) is 6.25. The summed E-state index contributed by atoms with van der Waals surface area (Å²) in [6, 6.07) is 7.21. The van der Waals surface area contributed by atoms with Crippen molar-refractivity contribution in [3.05, 3.63) is 38.5 Å². The van der Waals surface area contributed by atoms with Gasteiger partial charge in [0, 0.05) is 15.5 Å². The summed E-state index contributed by atoms with van der Waals surface area (Å²) in [6.07, 6.45) is 0. The maximum absolute atomic E-state index is 12.4. The minimum Gasteiger partial charge on any atom is -0.268 e. The Hall–Kier alpha value is -0.720. The third-order valence-electron chi connectivity index (χ3n) is 2.87. The first-order chi connectivity index (χ1) is 9.08. The van der Waals surface area contributed by atoms with Gasteiger partial charge in [-0.25, -0.2) is 4.90 Å². The van der Waals surface area contributed by atoms with Gasteiger partial charge in [0.2, 0.25) is 0 Å². The largest absolute Gasteiger partial charge is 0.273 e. The molecule has 2 amide bonds. The van der Waals surface area contributed by atoms with Gasteiger partial charge in [-0.3, -0.25) is 9.59 Å². The fourth-order valence-electron chi connectivity index (χ4n) is 1.98. The lowest BCUT2D eigenvalue weighted by atomic mass is 10.3. The molecule has 3 rings (SSSR count). The van der Waals surface area contributed by atoms with Crippen molar-refractivity contribution in [2.45, 2.75) is 12.2 Å². The second-order valence-corrected chi connectivity index (χ2v) is 7.71. The van der Waals surface area contributed by atoms with E-state index in [2.05, 4.69) is 22.9 Å². The van der Waals surface area contributed by atoms with Gasteiger partial charge in [-0.15, -0.1) is 23.5 Å². The lowest BCUT2D eigenvalue weighted by molar-refractivity contribution is -0.120. The van der Waals surface area contributed by atoms with Gasteiger partial charge in [0.15, 0.2) is 0 Å². The molecule has 0 spiro atoms. The van der Waals surface area contributed by atoms with Crippen LogP contribution >= 0.6 is 39.5 Å². The molecule has 1 aromatic carbocycles. The van der Waals surface area contributed by atoms with Crippen LogP contribution < -0.4 is 4.90 Å². The Morgan fingerprint density at radius 1 is 1.16 bits per heavy atom. The fraction of sp³-hybridized carbons (Fsp3) is 0.231. The molecule has 0 saturated heterocycles. The van der Waals surface area contributed by atoms with Crippen LogP contribution in [0.25, 0.3) is 0 Å². The number of carbonyl (C=O) groups is 2. The Labute approximate surface area is 127 Å². The van der Waals surface area contributed by atoms with Gasteiger partial charge in [-0.1, -0.05) is 22.9 Å². The second kappa shape index (κ2) is 5.00. The minimum atomic E-state index is -0.189. The van der Waals surface area contributed by atoms with Crippen LogP contribution in [0.2, 0.25) is 0 Å². The summed E-state index contributed by atoms with van der Waals surface area (Å²) in [4.78, 5) is 27.2. The van der Waals surface area contributed by atoms with Crippen molar-refractivity contribution < 1.29 is 9.59 Å². The number of thioether (sulfide) groups is 2. The molecule has 2 aliphatic rings. The monoisotopic (exact) mass is 355 g/mol. The molecule has 0 N–H and O–H groups in total. The van der Waals surface area contributed by atoms with Gasteiger partial charge < -0.3 is 0 Å². The van der Waals surface area contributed by atoms with Crippen LogP contribution in [0.3, 0.4) is 0 Å². The molecule has 19 heavy (non-hydrogen) atoms. The number of halogens is 1. The quantitative estimate of drug-likeness (QED) is 0.723. The first-order valence-corrected chi connectivity index (χ1v) is 8.42. The molecule has 0 unspecified atom stereocenters. The molecule has 2 aliphatic heterocycles. The van der Waals surface area contributed by atoms with Crippen molar-refractivity contribution >= 4 is 57.0 Å². The first-order valence-electron chi connectivity index (χ1n) is 5.76. The number of rotatable bonds is 1. The van der Waals surface area contributed by atoms with Crippen molar-refractivity contribution in [1.82, 2.24) is 0 Å². The van der Waals surface area contributed by atoms with Crippen LogP contribution in [0.15, 0.2) is 38.5 Å². The molecule has 0 bridgehead atoms. The molecule has 0 aromatic heterocycles. The van der Waals surface area contributed by atoms with Crippen LogP contribution in [0.4, 0.5) is 5.69 Å². The highest BCUT2D eigenvalue weighted by Crippen LogP contribution is 2.45. The summed E-state index contributed by atoms with van der Waals surface area (Å²) < 4.78 is 0.922. The van der Waals surface area contributed by atoms with Crippen molar-refractivity contribution in [2.24, 2.45) is 0 Å². The Morgan fingerprint density at radius 2 is 1.79 bits per heavy atom. The van der Waals surface area contributed by atoms with Crippen LogP contribution in [0.1, 0.15) is 6.92 Å². The van der Waals surface area contributed by atoms with Gasteiger partial charge in [0.25, 0.3) is 11.8 Å². The maximum atomic E-state index is 12.4. The number of amides is 2. The molecule has 2 heterocycles. The van der Waals surface area contributed by atoms with Crippen LogP contribution in [-0.4, -0.2) is 22.8 Å². The summed E-state index contributed by atoms with van der Waals surface area (Å²) in [5, 5.41) is 0.366. The van der Waals surface area contributed by atoms with E-state index in [9.17, 15) is 9.59 Å². The Balaban J connectivity index is 1.97. The topological polar surface area (TPSA) is 37.4 Å². The second-order valence-electron chi connectivity index (χ2n) is 4.32. The van der Waals surface area contributed by atoms with E-state index in [0.717, 1.165) is 10.2 Å². The predicted molar refractivity (Wildman–Crippen MR) is 83.2 cm³/mol. The summed E-state index contributed by atoms with van der Waals surface area (Å²) in [5.74, 6) is 0.495. The highest BCUT2D eigenvalue weighted by Gasteiger charge is 2.42. The number of benzene rings is 1. The number of hydrogen-bond donors (Lipinski definition) is 0. The van der Waals surface area contributed by atoms with Crippen molar-refractivity contribution in [1.29, 1.82) is 0 Å². The standard InChI is InChI=1S/C13H10BrNO2S2/c1-7-6-18-10-11(19-7)13(17)15(12(10)16)9-4-2-8(14)3-5-9/h2-5,7H,6H2,1H3/t7-/m1/s1. The summed E-state index contributed by atoms with van der Waals surface area (Å²) in [7, 11) is 0. The van der Waals surface area contributed by atoms with Crippen LogP contribution in [0.5, 0.6) is 0 Å². The van der Waals surface area contributed by atoms with E-state index >= 15 is 0 Å². The Morgan fingerprint density at radius 3 is 2.47 bits per heavy atom. The maximum Gasteiger partial charge on any atom is 0.273 e. The van der Waals surface area contributed by atoms with E-state index in [4.69, 9.17) is 0 Å². The zero-order valence-corrected chi connectivity index (χ0v) is 13.3. The molecule has 1 atom stereocenters. The normalized spacial score (nSPS) is 23.1. The molecule has 1 aromatic rings. The third kappa shape index (κ3) is 2.26. The van der Waals surface area contributed by atoms with Gasteiger partial charge >= 0.3 is 0 Å².